The van der Waals surface area contributed by atoms with E-state index in [1.807, 2.05) is 6.07 Å². The summed E-state index contributed by atoms with van der Waals surface area (Å²) in [5.74, 6) is 0.840. The first-order chi connectivity index (χ1) is 12.4. The molecule has 0 spiro atoms. The van der Waals surface area contributed by atoms with E-state index in [4.69, 9.17) is 21.1 Å². The second kappa shape index (κ2) is 8.87. The molecule has 0 unspecified atom stereocenters. The molecule has 0 aliphatic heterocycles. The first-order valence-corrected chi connectivity index (χ1v) is 7.93. The van der Waals surface area contributed by atoms with Gasteiger partial charge in [0.05, 0.1) is 19.1 Å². The van der Waals surface area contributed by atoms with E-state index in [-0.39, 0.29) is 16.6 Å². The van der Waals surface area contributed by atoms with Gasteiger partial charge in [-0.2, -0.15) is 0 Å². The Morgan fingerprint density at radius 3 is 2.58 bits per heavy atom. The first-order valence-electron chi connectivity index (χ1n) is 7.55. The normalized spacial score (nSPS) is 10.6. The average molecular weight is 377 g/mol. The minimum absolute atomic E-state index is 0.0463. The van der Waals surface area contributed by atoms with Crippen molar-refractivity contribution >= 4 is 29.3 Å². The molecule has 0 heterocycles. The van der Waals surface area contributed by atoms with Gasteiger partial charge < -0.3 is 14.8 Å². The number of amides is 1. The van der Waals surface area contributed by atoms with Crippen LogP contribution in [0.1, 0.15) is 11.1 Å². The SMILES string of the molecule is COc1ccc(CNC(=O)C=Cc2ccc(Cl)c([N+](=O)[O-])c2)cc1OC. The molecule has 0 aromatic heterocycles. The van der Waals surface area contributed by atoms with Crippen LogP contribution < -0.4 is 14.8 Å². The molecule has 2 aromatic rings. The van der Waals surface area contributed by atoms with E-state index in [0.717, 1.165) is 5.56 Å². The molecule has 0 bridgehead atoms. The summed E-state index contributed by atoms with van der Waals surface area (Å²) in [5.41, 5.74) is 1.13. The molecule has 0 saturated heterocycles. The standard InChI is InChI=1S/C18H17ClN2O5/c1-25-16-7-4-13(10-17(16)26-2)11-20-18(22)8-5-12-3-6-14(19)15(9-12)21(23)24/h3-10H,11H2,1-2H3,(H,20,22). The summed E-state index contributed by atoms with van der Waals surface area (Å²) in [6.07, 6.45) is 2.78. The van der Waals surface area contributed by atoms with Crippen LogP contribution in [0.3, 0.4) is 0 Å². The van der Waals surface area contributed by atoms with E-state index in [9.17, 15) is 14.9 Å². The molecule has 8 heteroatoms. The van der Waals surface area contributed by atoms with E-state index in [1.54, 1.807) is 25.3 Å². The number of ether oxygens (including phenoxy) is 2. The fourth-order valence-electron chi connectivity index (χ4n) is 2.18. The van der Waals surface area contributed by atoms with Crippen molar-refractivity contribution in [1.82, 2.24) is 5.32 Å². The Morgan fingerprint density at radius 1 is 1.19 bits per heavy atom. The molecule has 0 fully saturated rings. The number of carbonyl (C=O) groups is 1. The van der Waals surface area contributed by atoms with E-state index in [1.165, 1.54) is 31.4 Å². The number of nitro groups is 1. The molecular weight excluding hydrogens is 360 g/mol. The van der Waals surface area contributed by atoms with Crippen LogP contribution in [-0.2, 0) is 11.3 Å². The molecular formula is C18H17ClN2O5. The minimum atomic E-state index is -0.573. The van der Waals surface area contributed by atoms with E-state index in [0.29, 0.717) is 23.6 Å². The van der Waals surface area contributed by atoms with Crippen LogP contribution >= 0.6 is 11.6 Å². The third-order valence-electron chi connectivity index (χ3n) is 3.51. The van der Waals surface area contributed by atoms with Crippen LogP contribution in [-0.4, -0.2) is 25.1 Å². The largest absolute Gasteiger partial charge is 0.493 e. The number of nitro benzene ring substituents is 1. The van der Waals surface area contributed by atoms with E-state index in [2.05, 4.69) is 5.32 Å². The van der Waals surface area contributed by atoms with Crippen LogP contribution in [0.15, 0.2) is 42.5 Å². The number of hydrogen-bond donors (Lipinski definition) is 1. The number of benzene rings is 2. The van der Waals surface area contributed by atoms with Gasteiger partial charge in [-0.1, -0.05) is 23.7 Å². The molecule has 2 rings (SSSR count). The number of nitrogens with zero attached hydrogens (tertiary/aromatic N) is 1. The lowest BCUT2D eigenvalue weighted by molar-refractivity contribution is -0.384. The van der Waals surface area contributed by atoms with Crippen molar-refractivity contribution in [2.75, 3.05) is 14.2 Å². The zero-order valence-corrected chi connectivity index (χ0v) is 14.9. The lowest BCUT2D eigenvalue weighted by atomic mass is 10.2. The minimum Gasteiger partial charge on any atom is -0.493 e. The highest BCUT2D eigenvalue weighted by Gasteiger charge is 2.11. The fourth-order valence-corrected chi connectivity index (χ4v) is 2.37. The molecule has 7 nitrogen and oxygen atoms in total. The lowest BCUT2D eigenvalue weighted by Crippen LogP contribution is -2.20. The summed E-state index contributed by atoms with van der Waals surface area (Å²) in [7, 11) is 3.08. The van der Waals surface area contributed by atoms with Gasteiger partial charge in [0.25, 0.3) is 5.69 Å². The Morgan fingerprint density at radius 2 is 1.92 bits per heavy atom. The summed E-state index contributed by atoms with van der Waals surface area (Å²) in [4.78, 5) is 22.2. The van der Waals surface area contributed by atoms with Crippen LogP contribution in [0.2, 0.25) is 5.02 Å². The molecule has 0 radical (unpaired) electrons. The van der Waals surface area contributed by atoms with Gasteiger partial charge in [0.1, 0.15) is 5.02 Å². The Kier molecular flexibility index (Phi) is 6.57. The quantitative estimate of drug-likeness (QED) is 0.453. The van der Waals surface area contributed by atoms with Gasteiger partial charge in [0.2, 0.25) is 5.91 Å². The maximum Gasteiger partial charge on any atom is 0.288 e. The lowest BCUT2D eigenvalue weighted by Gasteiger charge is -2.09. The van der Waals surface area contributed by atoms with Crippen molar-refractivity contribution in [3.05, 3.63) is 68.7 Å². The second-order valence-electron chi connectivity index (χ2n) is 5.21. The zero-order chi connectivity index (χ0) is 19.1. The van der Waals surface area contributed by atoms with Gasteiger partial charge >= 0.3 is 0 Å². The number of methoxy groups -OCH3 is 2. The molecule has 1 N–H and O–H groups in total. The van der Waals surface area contributed by atoms with Gasteiger partial charge in [0, 0.05) is 18.7 Å². The fraction of sp³-hybridized carbons (Fsp3) is 0.167. The maximum atomic E-state index is 11.9. The van der Waals surface area contributed by atoms with Crippen LogP contribution in [0.4, 0.5) is 5.69 Å². The zero-order valence-electron chi connectivity index (χ0n) is 14.2. The molecule has 2 aromatic carbocycles. The van der Waals surface area contributed by atoms with Crippen molar-refractivity contribution in [3.8, 4) is 11.5 Å². The highest BCUT2D eigenvalue weighted by atomic mass is 35.5. The van der Waals surface area contributed by atoms with Crippen LogP contribution in [0.25, 0.3) is 6.08 Å². The van der Waals surface area contributed by atoms with Crippen LogP contribution in [0.5, 0.6) is 11.5 Å². The van der Waals surface area contributed by atoms with Gasteiger partial charge in [-0.15, -0.1) is 0 Å². The molecule has 1 amide bonds. The van der Waals surface area contributed by atoms with Crippen molar-refractivity contribution in [2.45, 2.75) is 6.54 Å². The summed E-state index contributed by atoms with van der Waals surface area (Å²) in [5, 5.41) is 13.6. The summed E-state index contributed by atoms with van der Waals surface area (Å²) >= 11 is 5.75. The number of halogens is 1. The predicted octanol–water partition coefficient (Wildman–Crippen LogP) is 3.60. The second-order valence-corrected chi connectivity index (χ2v) is 5.62. The number of rotatable bonds is 7. The molecule has 26 heavy (non-hydrogen) atoms. The van der Waals surface area contributed by atoms with Gasteiger partial charge in [0.15, 0.2) is 11.5 Å². The smallest absolute Gasteiger partial charge is 0.288 e. The maximum absolute atomic E-state index is 11.9. The average Bonchev–Trinajstić information content (AvgIpc) is 2.65. The molecule has 0 aliphatic carbocycles. The van der Waals surface area contributed by atoms with Gasteiger partial charge in [-0.05, 0) is 35.4 Å². The van der Waals surface area contributed by atoms with Crippen LogP contribution in [0, 0.1) is 10.1 Å². The monoisotopic (exact) mass is 376 g/mol. The topological polar surface area (TPSA) is 90.7 Å². The van der Waals surface area contributed by atoms with Gasteiger partial charge in [-0.3, -0.25) is 14.9 Å². The highest BCUT2D eigenvalue weighted by Crippen LogP contribution is 2.27. The molecule has 0 aliphatic rings. The number of nitrogens with one attached hydrogen (secondary N) is 1. The Balaban J connectivity index is 2.00. The third-order valence-corrected chi connectivity index (χ3v) is 3.83. The molecule has 0 atom stereocenters. The summed E-state index contributed by atoms with van der Waals surface area (Å²) in [6.45, 7) is 0.296. The summed E-state index contributed by atoms with van der Waals surface area (Å²) in [6, 6.07) is 9.65. The highest BCUT2D eigenvalue weighted by molar-refractivity contribution is 6.32. The van der Waals surface area contributed by atoms with Crippen molar-refractivity contribution in [1.29, 1.82) is 0 Å². The van der Waals surface area contributed by atoms with Crippen molar-refractivity contribution in [2.24, 2.45) is 0 Å². The third kappa shape index (κ3) is 4.97. The number of hydrogen-bond acceptors (Lipinski definition) is 5. The Hall–Kier alpha value is -3.06. The first kappa shape index (κ1) is 19.3. The molecule has 0 saturated carbocycles. The van der Waals surface area contributed by atoms with Crippen molar-refractivity contribution in [3.63, 3.8) is 0 Å². The summed E-state index contributed by atoms with van der Waals surface area (Å²) < 4.78 is 10.4. The Labute approximate surface area is 155 Å². The van der Waals surface area contributed by atoms with Crippen molar-refractivity contribution < 1.29 is 19.2 Å². The van der Waals surface area contributed by atoms with E-state index < -0.39 is 4.92 Å². The van der Waals surface area contributed by atoms with Gasteiger partial charge in [-0.25, -0.2) is 0 Å². The molecule has 136 valence electrons. The number of carbonyl (C=O) groups excluding carboxylic acids is 1. The Bertz CT molecular complexity index is 851. The predicted molar refractivity (Wildman–Crippen MR) is 98.5 cm³/mol. The van der Waals surface area contributed by atoms with E-state index >= 15 is 0 Å².